The van der Waals surface area contributed by atoms with E-state index in [-0.39, 0.29) is 0 Å². The first-order chi connectivity index (χ1) is 10.3. The maximum absolute atomic E-state index is 5.43. The molecule has 0 saturated carbocycles. The van der Waals surface area contributed by atoms with Gasteiger partial charge in [-0.15, -0.1) is 0 Å². The molecule has 2 aromatic carbocycles. The molecule has 0 aliphatic carbocycles. The molecule has 0 fully saturated rings. The highest BCUT2D eigenvalue weighted by Crippen LogP contribution is 2.28. The minimum absolute atomic E-state index is 0.861. The average Bonchev–Trinajstić information content (AvgIpc) is 2.99. The lowest BCUT2D eigenvalue weighted by atomic mass is 10.1. The Morgan fingerprint density at radius 1 is 0.952 bits per heavy atom. The highest BCUT2D eigenvalue weighted by atomic mass is 16.5. The maximum Gasteiger partial charge on any atom is 0.125 e. The molecule has 1 aliphatic heterocycles. The standard InChI is InChI=1S/C10H9N.C9H10O/c1-8-3-2-4-9-7-11-6-5-10(8)9;1-7-3-2-4-8-5-6-10-9(7)8/h2-7H,1H3;2-4H,5-6H2,1H3. The Bertz CT molecular complexity index is 759. The number of fused-ring (bicyclic) bond motifs is 2. The van der Waals surface area contributed by atoms with Crippen molar-refractivity contribution in [1.29, 1.82) is 0 Å². The van der Waals surface area contributed by atoms with Gasteiger partial charge in [0.15, 0.2) is 0 Å². The van der Waals surface area contributed by atoms with E-state index in [9.17, 15) is 0 Å². The fourth-order valence-electron chi connectivity index (χ4n) is 2.66. The summed E-state index contributed by atoms with van der Waals surface area (Å²) in [4.78, 5) is 4.05. The topological polar surface area (TPSA) is 22.1 Å². The third-order valence-corrected chi connectivity index (χ3v) is 3.81. The first-order valence-electron chi connectivity index (χ1n) is 7.26. The van der Waals surface area contributed by atoms with Crippen LogP contribution in [0.5, 0.6) is 5.75 Å². The molecule has 2 heterocycles. The van der Waals surface area contributed by atoms with Crippen molar-refractivity contribution in [3.8, 4) is 5.75 Å². The van der Waals surface area contributed by atoms with Crippen molar-refractivity contribution in [2.24, 2.45) is 0 Å². The summed E-state index contributed by atoms with van der Waals surface area (Å²) in [6, 6.07) is 14.6. The minimum Gasteiger partial charge on any atom is -0.493 e. The van der Waals surface area contributed by atoms with E-state index < -0.39 is 0 Å². The van der Waals surface area contributed by atoms with E-state index in [0.29, 0.717) is 0 Å². The molecule has 3 aromatic rings. The first-order valence-corrected chi connectivity index (χ1v) is 7.26. The van der Waals surface area contributed by atoms with E-state index in [4.69, 9.17) is 4.74 Å². The van der Waals surface area contributed by atoms with E-state index in [1.54, 1.807) is 0 Å². The molecule has 0 unspecified atom stereocenters. The van der Waals surface area contributed by atoms with Crippen LogP contribution in [-0.4, -0.2) is 11.6 Å². The third-order valence-electron chi connectivity index (χ3n) is 3.81. The van der Waals surface area contributed by atoms with Gasteiger partial charge in [-0.1, -0.05) is 36.4 Å². The van der Waals surface area contributed by atoms with Crippen LogP contribution in [0.15, 0.2) is 54.9 Å². The second kappa shape index (κ2) is 5.96. The Morgan fingerprint density at radius 3 is 2.57 bits per heavy atom. The Morgan fingerprint density at radius 2 is 1.76 bits per heavy atom. The van der Waals surface area contributed by atoms with Gasteiger partial charge >= 0.3 is 0 Å². The van der Waals surface area contributed by atoms with E-state index in [1.165, 1.54) is 27.5 Å². The largest absolute Gasteiger partial charge is 0.493 e. The van der Waals surface area contributed by atoms with E-state index in [0.717, 1.165) is 18.8 Å². The first kappa shape index (κ1) is 13.6. The Hall–Kier alpha value is -2.35. The number of benzene rings is 2. The van der Waals surface area contributed by atoms with Gasteiger partial charge in [0.25, 0.3) is 0 Å². The highest BCUT2D eigenvalue weighted by molar-refractivity contribution is 5.84. The lowest BCUT2D eigenvalue weighted by molar-refractivity contribution is 0.354. The van der Waals surface area contributed by atoms with Crippen molar-refractivity contribution in [2.75, 3.05) is 6.61 Å². The molecular formula is C19H19NO. The van der Waals surface area contributed by atoms with Gasteiger partial charge in [0.2, 0.25) is 0 Å². The summed E-state index contributed by atoms with van der Waals surface area (Å²) < 4.78 is 5.43. The number of nitrogens with zero attached hydrogens (tertiary/aromatic N) is 1. The summed E-state index contributed by atoms with van der Waals surface area (Å²) in [6.07, 6.45) is 4.80. The van der Waals surface area contributed by atoms with Crippen molar-refractivity contribution in [1.82, 2.24) is 4.98 Å². The lowest BCUT2D eigenvalue weighted by Gasteiger charge is -2.00. The second-order valence-corrected chi connectivity index (χ2v) is 5.33. The number of ether oxygens (including phenoxy) is 1. The van der Waals surface area contributed by atoms with Gasteiger partial charge in [-0.25, -0.2) is 0 Å². The Balaban J connectivity index is 0.000000126. The fraction of sp³-hybridized carbons (Fsp3) is 0.211. The fourth-order valence-corrected chi connectivity index (χ4v) is 2.66. The molecule has 2 nitrogen and oxygen atoms in total. The zero-order chi connectivity index (χ0) is 14.7. The van der Waals surface area contributed by atoms with Crippen LogP contribution in [0.4, 0.5) is 0 Å². The van der Waals surface area contributed by atoms with Crippen molar-refractivity contribution in [3.05, 3.63) is 71.5 Å². The number of rotatable bonds is 0. The molecule has 106 valence electrons. The van der Waals surface area contributed by atoms with E-state index in [2.05, 4.69) is 55.2 Å². The molecule has 1 aliphatic rings. The summed E-state index contributed by atoms with van der Waals surface area (Å²) >= 11 is 0. The molecule has 0 amide bonds. The highest BCUT2D eigenvalue weighted by Gasteiger charge is 2.12. The van der Waals surface area contributed by atoms with Gasteiger partial charge < -0.3 is 4.74 Å². The van der Waals surface area contributed by atoms with Gasteiger partial charge in [-0.3, -0.25) is 4.98 Å². The van der Waals surface area contributed by atoms with Gasteiger partial charge in [-0.05, 0) is 42.0 Å². The zero-order valence-electron chi connectivity index (χ0n) is 12.5. The summed E-state index contributed by atoms with van der Waals surface area (Å²) in [5.41, 5.74) is 3.93. The van der Waals surface area contributed by atoms with Gasteiger partial charge in [0.05, 0.1) is 6.61 Å². The zero-order valence-corrected chi connectivity index (χ0v) is 12.5. The molecule has 1 aromatic heterocycles. The molecule has 0 bridgehead atoms. The number of aromatic nitrogens is 1. The monoisotopic (exact) mass is 277 g/mol. The third kappa shape index (κ3) is 2.89. The van der Waals surface area contributed by atoms with Crippen LogP contribution in [0.3, 0.4) is 0 Å². The smallest absolute Gasteiger partial charge is 0.125 e. The number of para-hydroxylation sites is 1. The predicted octanol–water partition coefficient (Wildman–Crippen LogP) is 4.47. The molecule has 4 rings (SSSR count). The molecule has 21 heavy (non-hydrogen) atoms. The molecule has 2 heteroatoms. The molecule has 0 radical (unpaired) electrons. The molecular weight excluding hydrogens is 258 g/mol. The Kier molecular flexibility index (Phi) is 3.87. The maximum atomic E-state index is 5.43. The summed E-state index contributed by atoms with van der Waals surface area (Å²) in [7, 11) is 0. The number of hydrogen-bond donors (Lipinski definition) is 0. The molecule has 0 atom stereocenters. The average molecular weight is 277 g/mol. The summed E-state index contributed by atoms with van der Waals surface area (Å²) in [6.45, 7) is 5.06. The predicted molar refractivity (Wildman–Crippen MR) is 86.9 cm³/mol. The van der Waals surface area contributed by atoms with Gasteiger partial charge in [-0.2, -0.15) is 0 Å². The SMILES string of the molecule is Cc1cccc2c1OCC2.Cc1cccc2cnccc12. The van der Waals surface area contributed by atoms with Crippen molar-refractivity contribution < 1.29 is 4.74 Å². The number of hydrogen-bond acceptors (Lipinski definition) is 2. The van der Waals surface area contributed by atoms with Crippen LogP contribution in [-0.2, 0) is 6.42 Å². The number of aryl methyl sites for hydroxylation is 2. The van der Waals surface area contributed by atoms with Crippen molar-refractivity contribution in [2.45, 2.75) is 20.3 Å². The van der Waals surface area contributed by atoms with Crippen LogP contribution in [0, 0.1) is 13.8 Å². The van der Waals surface area contributed by atoms with Crippen LogP contribution in [0.25, 0.3) is 10.8 Å². The molecule has 0 spiro atoms. The summed E-state index contributed by atoms with van der Waals surface area (Å²) in [5.74, 6) is 1.11. The quantitative estimate of drug-likeness (QED) is 0.604. The lowest BCUT2D eigenvalue weighted by Crippen LogP contribution is -1.87. The van der Waals surface area contributed by atoms with Crippen molar-refractivity contribution in [3.63, 3.8) is 0 Å². The van der Waals surface area contributed by atoms with Crippen molar-refractivity contribution >= 4 is 10.8 Å². The van der Waals surface area contributed by atoms with Crippen LogP contribution >= 0.6 is 0 Å². The minimum atomic E-state index is 0.861. The molecule has 0 saturated heterocycles. The van der Waals surface area contributed by atoms with E-state index in [1.807, 2.05) is 18.5 Å². The number of pyridine rings is 1. The summed E-state index contributed by atoms with van der Waals surface area (Å²) in [5, 5.41) is 2.51. The van der Waals surface area contributed by atoms with Crippen LogP contribution in [0.1, 0.15) is 16.7 Å². The van der Waals surface area contributed by atoms with Crippen LogP contribution in [0.2, 0.25) is 0 Å². The molecule has 0 N–H and O–H groups in total. The van der Waals surface area contributed by atoms with Crippen LogP contribution < -0.4 is 4.74 Å². The Labute approximate surface area is 125 Å². The normalized spacial score (nSPS) is 12.3. The van der Waals surface area contributed by atoms with E-state index >= 15 is 0 Å². The van der Waals surface area contributed by atoms with Gasteiger partial charge in [0, 0.05) is 24.2 Å². The second-order valence-electron chi connectivity index (χ2n) is 5.33. The van der Waals surface area contributed by atoms with Gasteiger partial charge in [0.1, 0.15) is 5.75 Å².